The number of nitrogens with two attached hydrogens (primary N) is 1. The van der Waals surface area contributed by atoms with E-state index in [1.54, 1.807) is 12.4 Å². The van der Waals surface area contributed by atoms with E-state index < -0.39 is 5.41 Å². The lowest BCUT2D eigenvalue weighted by molar-refractivity contribution is -0.136. The minimum atomic E-state index is -0.477. The van der Waals surface area contributed by atoms with Crippen molar-refractivity contribution in [2.45, 2.75) is 25.8 Å². The van der Waals surface area contributed by atoms with E-state index in [2.05, 4.69) is 10.3 Å². The molecule has 0 spiro atoms. The van der Waals surface area contributed by atoms with Gasteiger partial charge in [-0.1, -0.05) is 6.07 Å². The highest BCUT2D eigenvalue weighted by Crippen LogP contribution is 2.30. The zero-order chi connectivity index (χ0) is 13.7. The molecule has 1 saturated heterocycles. The minimum Gasteiger partial charge on any atom is -0.381 e. The van der Waals surface area contributed by atoms with Crippen molar-refractivity contribution in [1.29, 1.82) is 0 Å². The molecular weight excluding hydrogens is 242 g/mol. The first-order chi connectivity index (χ1) is 9.18. The van der Waals surface area contributed by atoms with Crippen molar-refractivity contribution >= 4 is 5.91 Å². The van der Waals surface area contributed by atoms with Gasteiger partial charge in [0.2, 0.25) is 5.91 Å². The van der Waals surface area contributed by atoms with Gasteiger partial charge in [0.05, 0.1) is 11.5 Å². The molecule has 0 aliphatic carbocycles. The van der Waals surface area contributed by atoms with E-state index >= 15 is 0 Å². The van der Waals surface area contributed by atoms with Crippen LogP contribution in [0.4, 0.5) is 0 Å². The van der Waals surface area contributed by atoms with Crippen LogP contribution in [0.1, 0.15) is 31.4 Å². The van der Waals surface area contributed by atoms with Gasteiger partial charge >= 0.3 is 0 Å². The number of ether oxygens (including phenoxy) is 1. The van der Waals surface area contributed by atoms with Crippen LogP contribution >= 0.6 is 0 Å². The molecule has 2 heterocycles. The van der Waals surface area contributed by atoms with Gasteiger partial charge in [-0.25, -0.2) is 0 Å². The average molecular weight is 263 g/mol. The zero-order valence-corrected chi connectivity index (χ0v) is 11.3. The second-order valence-corrected chi connectivity index (χ2v) is 5.08. The molecule has 0 unspecified atom stereocenters. The molecule has 1 amide bonds. The molecule has 0 bridgehead atoms. The van der Waals surface area contributed by atoms with E-state index in [-0.39, 0.29) is 11.9 Å². The largest absolute Gasteiger partial charge is 0.381 e. The van der Waals surface area contributed by atoms with Gasteiger partial charge in [-0.2, -0.15) is 0 Å². The summed E-state index contributed by atoms with van der Waals surface area (Å²) < 4.78 is 5.32. The number of hydrogen-bond acceptors (Lipinski definition) is 4. The summed E-state index contributed by atoms with van der Waals surface area (Å²) in [5.41, 5.74) is 6.34. The second-order valence-electron chi connectivity index (χ2n) is 5.08. The maximum Gasteiger partial charge on any atom is 0.228 e. The molecule has 1 aromatic heterocycles. The van der Waals surface area contributed by atoms with E-state index in [1.165, 1.54) is 0 Å². The number of nitrogens with zero attached hydrogens (tertiary/aromatic N) is 1. The third-order valence-electron chi connectivity index (χ3n) is 3.85. The smallest absolute Gasteiger partial charge is 0.228 e. The van der Waals surface area contributed by atoms with E-state index in [4.69, 9.17) is 10.5 Å². The van der Waals surface area contributed by atoms with Gasteiger partial charge in [-0.05, 0) is 31.4 Å². The van der Waals surface area contributed by atoms with Crippen LogP contribution in [0.25, 0.3) is 0 Å². The SMILES string of the molecule is C[C@@H](NC(=O)C1(CN)CCOCC1)c1cccnc1. The van der Waals surface area contributed by atoms with Gasteiger partial charge < -0.3 is 15.8 Å². The normalized spacial score (nSPS) is 19.7. The third-order valence-corrected chi connectivity index (χ3v) is 3.85. The summed E-state index contributed by atoms with van der Waals surface area (Å²) in [6.07, 6.45) is 4.87. The summed E-state index contributed by atoms with van der Waals surface area (Å²) >= 11 is 0. The van der Waals surface area contributed by atoms with Crippen LogP contribution in [0.3, 0.4) is 0 Å². The lowest BCUT2D eigenvalue weighted by atomic mass is 9.79. The monoisotopic (exact) mass is 263 g/mol. The summed E-state index contributed by atoms with van der Waals surface area (Å²) in [7, 11) is 0. The molecule has 1 aromatic rings. The molecule has 5 nitrogen and oxygen atoms in total. The van der Waals surface area contributed by atoms with E-state index in [9.17, 15) is 4.79 Å². The molecule has 0 radical (unpaired) electrons. The molecule has 1 atom stereocenters. The fraction of sp³-hybridized carbons (Fsp3) is 0.571. The average Bonchev–Trinajstić information content (AvgIpc) is 2.48. The first-order valence-corrected chi connectivity index (χ1v) is 6.67. The van der Waals surface area contributed by atoms with Gasteiger partial charge in [-0.15, -0.1) is 0 Å². The lowest BCUT2D eigenvalue weighted by Crippen LogP contribution is -2.49. The van der Waals surface area contributed by atoms with Crippen LogP contribution in [-0.4, -0.2) is 30.6 Å². The topological polar surface area (TPSA) is 77.2 Å². The van der Waals surface area contributed by atoms with Gasteiger partial charge in [-0.3, -0.25) is 9.78 Å². The molecule has 104 valence electrons. The Labute approximate surface area is 113 Å². The highest BCUT2D eigenvalue weighted by Gasteiger charge is 2.39. The summed E-state index contributed by atoms with van der Waals surface area (Å²) in [4.78, 5) is 16.5. The Morgan fingerprint density at radius 1 is 1.58 bits per heavy atom. The first-order valence-electron chi connectivity index (χ1n) is 6.67. The highest BCUT2D eigenvalue weighted by molar-refractivity contribution is 5.83. The van der Waals surface area contributed by atoms with E-state index in [1.807, 2.05) is 19.1 Å². The lowest BCUT2D eigenvalue weighted by Gasteiger charge is -2.35. The zero-order valence-electron chi connectivity index (χ0n) is 11.3. The summed E-state index contributed by atoms with van der Waals surface area (Å²) in [5, 5.41) is 3.04. The Hall–Kier alpha value is -1.46. The Morgan fingerprint density at radius 3 is 2.89 bits per heavy atom. The van der Waals surface area contributed by atoms with Gasteiger partial charge in [0.15, 0.2) is 0 Å². The van der Waals surface area contributed by atoms with Crippen molar-refractivity contribution in [1.82, 2.24) is 10.3 Å². The summed E-state index contributed by atoms with van der Waals surface area (Å²) in [5.74, 6) is 0.0228. The van der Waals surface area contributed by atoms with Gasteiger partial charge in [0, 0.05) is 32.2 Å². The van der Waals surface area contributed by atoms with Crippen LogP contribution in [0.2, 0.25) is 0 Å². The third kappa shape index (κ3) is 3.11. The number of amides is 1. The number of aromatic nitrogens is 1. The molecule has 0 aromatic carbocycles. The fourth-order valence-corrected chi connectivity index (χ4v) is 2.35. The summed E-state index contributed by atoms with van der Waals surface area (Å²) in [6, 6.07) is 3.76. The predicted molar refractivity (Wildman–Crippen MR) is 72.3 cm³/mol. The number of hydrogen-bond donors (Lipinski definition) is 2. The molecule has 3 N–H and O–H groups in total. The predicted octanol–water partition coefficient (Wildman–Crippen LogP) is 1.01. The molecule has 1 fully saturated rings. The van der Waals surface area contributed by atoms with Crippen molar-refractivity contribution in [2.24, 2.45) is 11.1 Å². The maximum atomic E-state index is 12.5. The molecule has 1 aliphatic rings. The number of carbonyl (C=O) groups excluding carboxylic acids is 1. The van der Waals surface area contributed by atoms with Crippen molar-refractivity contribution in [3.8, 4) is 0 Å². The molecular formula is C14H21N3O2. The fourth-order valence-electron chi connectivity index (χ4n) is 2.35. The Balaban J connectivity index is 2.03. The van der Waals surface area contributed by atoms with Crippen LogP contribution in [0, 0.1) is 5.41 Å². The number of pyridine rings is 1. The van der Waals surface area contributed by atoms with E-state index in [0.29, 0.717) is 32.6 Å². The van der Waals surface area contributed by atoms with Crippen LogP contribution in [0.5, 0.6) is 0 Å². The molecule has 5 heteroatoms. The Bertz CT molecular complexity index is 416. The van der Waals surface area contributed by atoms with Crippen molar-refractivity contribution in [2.75, 3.05) is 19.8 Å². The molecule has 2 rings (SSSR count). The molecule has 19 heavy (non-hydrogen) atoms. The second kappa shape index (κ2) is 6.12. The standard InChI is InChI=1S/C14H21N3O2/c1-11(12-3-2-6-16-9-12)17-13(18)14(10-15)4-7-19-8-5-14/h2-3,6,9,11H,4-5,7-8,10,15H2,1H3,(H,17,18)/t11-/m1/s1. The number of carbonyl (C=O) groups is 1. The Kier molecular flexibility index (Phi) is 4.50. The van der Waals surface area contributed by atoms with Crippen LogP contribution in [-0.2, 0) is 9.53 Å². The van der Waals surface area contributed by atoms with Gasteiger partial charge in [0.1, 0.15) is 0 Å². The highest BCUT2D eigenvalue weighted by atomic mass is 16.5. The molecule has 0 saturated carbocycles. The van der Waals surface area contributed by atoms with Crippen molar-refractivity contribution in [3.63, 3.8) is 0 Å². The van der Waals surface area contributed by atoms with Crippen molar-refractivity contribution in [3.05, 3.63) is 30.1 Å². The van der Waals surface area contributed by atoms with Crippen molar-refractivity contribution < 1.29 is 9.53 Å². The number of rotatable bonds is 4. The minimum absolute atomic E-state index is 0.0228. The quantitative estimate of drug-likeness (QED) is 0.850. The Morgan fingerprint density at radius 2 is 2.32 bits per heavy atom. The number of nitrogens with one attached hydrogen (secondary N) is 1. The van der Waals surface area contributed by atoms with Crippen LogP contribution < -0.4 is 11.1 Å². The van der Waals surface area contributed by atoms with E-state index in [0.717, 1.165) is 5.56 Å². The maximum absolute atomic E-state index is 12.5. The van der Waals surface area contributed by atoms with Gasteiger partial charge in [0.25, 0.3) is 0 Å². The first kappa shape index (κ1) is 14.0. The molecule has 1 aliphatic heterocycles. The van der Waals surface area contributed by atoms with Crippen LogP contribution in [0.15, 0.2) is 24.5 Å². The summed E-state index contributed by atoms with van der Waals surface area (Å²) in [6.45, 7) is 3.53.